The molecule has 1 saturated heterocycles. The molecule has 1 fully saturated rings. The molecular weight excluding hydrogens is 338 g/mol. The van der Waals surface area contributed by atoms with Crippen molar-refractivity contribution in [3.63, 3.8) is 0 Å². The van der Waals surface area contributed by atoms with Crippen LogP contribution in [0.2, 0.25) is 0 Å². The summed E-state index contributed by atoms with van der Waals surface area (Å²) >= 11 is 0. The topological polar surface area (TPSA) is 92.5 Å². The highest BCUT2D eigenvalue weighted by Gasteiger charge is 2.32. The summed E-state index contributed by atoms with van der Waals surface area (Å²) in [6.45, 7) is 1.93. The van der Waals surface area contributed by atoms with Crippen LogP contribution in [0.3, 0.4) is 0 Å². The maximum Gasteiger partial charge on any atom is 0.243 e. The number of nitrogens with one attached hydrogen (secondary N) is 1. The number of nitrogens with zero attached hydrogens (tertiary/aromatic N) is 1. The van der Waals surface area contributed by atoms with E-state index in [1.165, 1.54) is 9.87 Å². The molecule has 0 atom stereocenters. The van der Waals surface area contributed by atoms with Crippen LogP contribution in [0.1, 0.15) is 36.8 Å². The summed E-state index contributed by atoms with van der Waals surface area (Å²) in [6.07, 6.45) is 5.00. The largest absolute Gasteiger partial charge is 0.356 e. The van der Waals surface area contributed by atoms with E-state index in [4.69, 9.17) is 5.73 Å². The number of piperidine rings is 1. The monoisotopic (exact) mass is 365 g/mol. The van der Waals surface area contributed by atoms with Gasteiger partial charge in [0, 0.05) is 25.6 Å². The van der Waals surface area contributed by atoms with Crippen molar-refractivity contribution in [2.45, 2.75) is 43.4 Å². The summed E-state index contributed by atoms with van der Waals surface area (Å²) in [6, 6.07) is 5.52. The summed E-state index contributed by atoms with van der Waals surface area (Å²) in [7, 11) is -3.47. The zero-order valence-corrected chi connectivity index (χ0v) is 15.4. The quantitative estimate of drug-likeness (QED) is 0.737. The molecule has 3 rings (SSSR count). The minimum atomic E-state index is -3.47. The van der Waals surface area contributed by atoms with Crippen LogP contribution in [0, 0.1) is 5.92 Å². The lowest BCUT2D eigenvalue weighted by molar-refractivity contribution is -0.126. The van der Waals surface area contributed by atoms with Gasteiger partial charge in [0.15, 0.2) is 0 Å². The summed E-state index contributed by atoms with van der Waals surface area (Å²) in [5.74, 6) is -0.0905. The molecule has 1 aromatic rings. The van der Waals surface area contributed by atoms with E-state index in [2.05, 4.69) is 5.32 Å². The number of hydrogen-bond donors (Lipinski definition) is 2. The Labute approximate surface area is 149 Å². The number of aryl methyl sites for hydroxylation is 2. The Morgan fingerprint density at radius 1 is 1.20 bits per heavy atom. The Morgan fingerprint density at radius 3 is 2.64 bits per heavy atom. The van der Waals surface area contributed by atoms with E-state index < -0.39 is 10.0 Å². The average molecular weight is 365 g/mol. The van der Waals surface area contributed by atoms with Gasteiger partial charge in [-0.1, -0.05) is 6.07 Å². The van der Waals surface area contributed by atoms with Gasteiger partial charge < -0.3 is 11.1 Å². The fraction of sp³-hybridized carbons (Fsp3) is 0.611. The highest BCUT2D eigenvalue weighted by Crippen LogP contribution is 2.28. The molecule has 1 amide bonds. The SMILES string of the molecule is NCCCNC(=O)C1CCN(S(=O)(=O)c2ccc3c(c2)CCC3)CC1. The molecule has 3 N–H and O–H groups in total. The Morgan fingerprint density at radius 2 is 1.92 bits per heavy atom. The van der Waals surface area contributed by atoms with E-state index in [1.54, 1.807) is 6.07 Å². The first-order valence-corrected chi connectivity index (χ1v) is 10.6. The standard InChI is InChI=1S/C18H27N3O3S/c19-9-2-10-20-18(22)15-7-11-21(12-8-15)25(23,24)17-6-5-14-3-1-4-16(14)13-17/h5-6,13,15H,1-4,7-12,19H2,(H,20,22). The second kappa shape index (κ2) is 7.85. The lowest BCUT2D eigenvalue weighted by Crippen LogP contribution is -2.43. The molecular formula is C18H27N3O3S. The van der Waals surface area contributed by atoms with Gasteiger partial charge in [-0.25, -0.2) is 8.42 Å². The van der Waals surface area contributed by atoms with Gasteiger partial charge in [-0.3, -0.25) is 4.79 Å². The van der Waals surface area contributed by atoms with Gasteiger partial charge in [0.25, 0.3) is 0 Å². The normalized spacial score (nSPS) is 18.9. The van der Waals surface area contributed by atoms with E-state index in [9.17, 15) is 13.2 Å². The molecule has 0 radical (unpaired) electrons. The zero-order chi connectivity index (χ0) is 17.9. The number of amides is 1. The Balaban J connectivity index is 1.61. The zero-order valence-electron chi connectivity index (χ0n) is 14.5. The predicted molar refractivity (Wildman–Crippen MR) is 96.6 cm³/mol. The maximum atomic E-state index is 12.9. The maximum absolute atomic E-state index is 12.9. The molecule has 0 spiro atoms. The molecule has 0 aromatic heterocycles. The van der Waals surface area contributed by atoms with Crippen LogP contribution in [0.15, 0.2) is 23.1 Å². The fourth-order valence-corrected chi connectivity index (χ4v) is 5.19. The third-order valence-corrected chi connectivity index (χ3v) is 7.11. The number of nitrogens with two attached hydrogens (primary N) is 1. The minimum Gasteiger partial charge on any atom is -0.356 e. The number of sulfonamides is 1. The first kappa shape index (κ1) is 18.4. The van der Waals surface area contributed by atoms with Crippen LogP contribution in [-0.2, 0) is 27.7 Å². The van der Waals surface area contributed by atoms with Gasteiger partial charge in [-0.15, -0.1) is 0 Å². The molecule has 1 heterocycles. The first-order chi connectivity index (χ1) is 12.0. The highest BCUT2D eigenvalue weighted by atomic mass is 32.2. The summed E-state index contributed by atoms with van der Waals surface area (Å²) in [5, 5.41) is 2.88. The molecule has 2 aliphatic rings. The smallest absolute Gasteiger partial charge is 0.243 e. The van der Waals surface area contributed by atoms with Crippen LogP contribution >= 0.6 is 0 Å². The summed E-state index contributed by atoms with van der Waals surface area (Å²) in [4.78, 5) is 12.5. The van der Waals surface area contributed by atoms with E-state index >= 15 is 0 Å². The third kappa shape index (κ3) is 4.04. The fourth-order valence-electron chi connectivity index (χ4n) is 3.67. The molecule has 1 aromatic carbocycles. The van der Waals surface area contributed by atoms with Gasteiger partial charge in [-0.2, -0.15) is 4.31 Å². The first-order valence-electron chi connectivity index (χ1n) is 9.12. The molecule has 25 heavy (non-hydrogen) atoms. The van der Waals surface area contributed by atoms with Crippen LogP contribution < -0.4 is 11.1 Å². The van der Waals surface area contributed by atoms with Crippen molar-refractivity contribution in [1.82, 2.24) is 9.62 Å². The van der Waals surface area contributed by atoms with E-state index in [-0.39, 0.29) is 11.8 Å². The van der Waals surface area contributed by atoms with Gasteiger partial charge in [0.1, 0.15) is 0 Å². The number of benzene rings is 1. The van der Waals surface area contributed by atoms with Gasteiger partial charge >= 0.3 is 0 Å². The lowest BCUT2D eigenvalue weighted by Gasteiger charge is -2.30. The minimum absolute atomic E-state index is 0.0167. The second-order valence-corrected chi connectivity index (χ2v) is 8.83. The number of carbonyl (C=O) groups is 1. The molecule has 0 bridgehead atoms. The van der Waals surface area contributed by atoms with Crippen molar-refractivity contribution >= 4 is 15.9 Å². The highest BCUT2D eigenvalue weighted by molar-refractivity contribution is 7.89. The van der Waals surface area contributed by atoms with Crippen molar-refractivity contribution < 1.29 is 13.2 Å². The van der Waals surface area contributed by atoms with Crippen molar-refractivity contribution in [3.8, 4) is 0 Å². The number of carbonyl (C=O) groups excluding carboxylic acids is 1. The van der Waals surface area contributed by atoms with Crippen molar-refractivity contribution in [2.75, 3.05) is 26.2 Å². The summed E-state index contributed by atoms with van der Waals surface area (Å²) in [5.41, 5.74) is 7.86. The Kier molecular flexibility index (Phi) is 5.76. The molecule has 1 aliphatic carbocycles. The van der Waals surface area contributed by atoms with E-state index in [0.29, 0.717) is 43.9 Å². The number of fused-ring (bicyclic) bond motifs is 1. The predicted octanol–water partition coefficient (Wildman–Crippen LogP) is 1.04. The van der Waals surface area contributed by atoms with Crippen LogP contribution in [-0.4, -0.2) is 44.8 Å². The van der Waals surface area contributed by atoms with Gasteiger partial charge in [-0.05, 0) is 68.3 Å². The second-order valence-electron chi connectivity index (χ2n) is 6.90. The van der Waals surface area contributed by atoms with E-state index in [1.807, 2.05) is 12.1 Å². The molecule has 0 unspecified atom stereocenters. The Hall–Kier alpha value is -1.44. The van der Waals surface area contributed by atoms with Gasteiger partial charge in [0.2, 0.25) is 15.9 Å². The van der Waals surface area contributed by atoms with Crippen LogP contribution in [0.4, 0.5) is 0 Å². The Bertz CT molecular complexity index is 725. The number of hydrogen-bond acceptors (Lipinski definition) is 4. The van der Waals surface area contributed by atoms with Gasteiger partial charge in [0.05, 0.1) is 4.90 Å². The molecule has 138 valence electrons. The van der Waals surface area contributed by atoms with Crippen molar-refractivity contribution in [3.05, 3.63) is 29.3 Å². The van der Waals surface area contributed by atoms with Crippen LogP contribution in [0.5, 0.6) is 0 Å². The number of rotatable bonds is 6. The molecule has 1 aliphatic heterocycles. The molecule has 7 heteroatoms. The lowest BCUT2D eigenvalue weighted by atomic mass is 9.97. The summed E-state index contributed by atoms with van der Waals surface area (Å²) < 4.78 is 27.3. The van der Waals surface area contributed by atoms with E-state index in [0.717, 1.165) is 31.2 Å². The third-order valence-electron chi connectivity index (χ3n) is 5.21. The van der Waals surface area contributed by atoms with Crippen LogP contribution in [0.25, 0.3) is 0 Å². The average Bonchev–Trinajstić information content (AvgIpc) is 3.09. The molecule has 0 saturated carbocycles. The van der Waals surface area contributed by atoms with Crippen molar-refractivity contribution in [2.24, 2.45) is 11.7 Å². The van der Waals surface area contributed by atoms with Crippen molar-refractivity contribution in [1.29, 1.82) is 0 Å². The molecule has 6 nitrogen and oxygen atoms in total.